The van der Waals surface area contributed by atoms with Crippen molar-refractivity contribution >= 4 is 23.3 Å². The van der Waals surface area contributed by atoms with Crippen LogP contribution >= 0.6 is 11.3 Å². The number of aromatic nitrogens is 1. The molecule has 0 saturated carbocycles. The first-order valence-electron chi connectivity index (χ1n) is 15.8. The van der Waals surface area contributed by atoms with E-state index < -0.39 is 6.04 Å². The van der Waals surface area contributed by atoms with Crippen molar-refractivity contribution in [3.63, 3.8) is 0 Å². The van der Waals surface area contributed by atoms with E-state index in [2.05, 4.69) is 77.2 Å². The van der Waals surface area contributed by atoms with Gasteiger partial charge in [0.15, 0.2) is 0 Å². The van der Waals surface area contributed by atoms with Gasteiger partial charge in [-0.25, -0.2) is 9.78 Å². The van der Waals surface area contributed by atoms with Crippen molar-refractivity contribution in [2.75, 3.05) is 39.9 Å². The van der Waals surface area contributed by atoms with E-state index in [4.69, 9.17) is 4.74 Å². The van der Waals surface area contributed by atoms with Gasteiger partial charge in [-0.05, 0) is 49.7 Å². The molecule has 0 bridgehead atoms. The van der Waals surface area contributed by atoms with Crippen LogP contribution in [-0.2, 0) is 28.9 Å². The van der Waals surface area contributed by atoms with Crippen molar-refractivity contribution in [2.24, 2.45) is 0 Å². The maximum atomic E-state index is 13.9. The molecule has 9 heteroatoms. The molecule has 44 heavy (non-hydrogen) atoms. The molecule has 1 fully saturated rings. The van der Waals surface area contributed by atoms with Gasteiger partial charge in [0.2, 0.25) is 5.91 Å². The zero-order valence-corrected chi connectivity index (χ0v) is 27.2. The van der Waals surface area contributed by atoms with Gasteiger partial charge in [0.05, 0.1) is 30.5 Å². The summed E-state index contributed by atoms with van der Waals surface area (Å²) < 4.78 is 5.50. The fourth-order valence-electron chi connectivity index (χ4n) is 5.27. The third-order valence-electron chi connectivity index (χ3n) is 7.87. The van der Waals surface area contributed by atoms with E-state index in [1.54, 1.807) is 23.3 Å². The fourth-order valence-corrected chi connectivity index (χ4v) is 6.09. The molecule has 0 spiro atoms. The lowest BCUT2D eigenvalue weighted by Gasteiger charge is -2.30. The summed E-state index contributed by atoms with van der Waals surface area (Å²) in [6.45, 7) is 8.37. The predicted molar refractivity (Wildman–Crippen MR) is 178 cm³/mol. The lowest BCUT2D eigenvalue weighted by Crippen LogP contribution is -2.53. The molecular weight excluding hydrogens is 570 g/mol. The summed E-state index contributed by atoms with van der Waals surface area (Å²) >= 11 is 1.62. The predicted octanol–water partition coefficient (Wildman–Crippen LogP) is 5.45. The molecule has 4 rings (SSSR count). The number of amides is 3. The van der Waals surface area contributed by atoms with Gasteiger partial charge < -0.3 is 20.3 Å². The number of morpholine rings is 1. The molecule has 237 valence electrons. The minimum absolute atomic E-state index is 0.0538. The molecule has 3 amide bonds. The van der Waals surface area contributed by atoms with Crippen LogP contribution in [0, 0.1) is 6.42 Å². The van der Waals surface area contributed by atoms with E-state index in [1.807, 2.05) is 29.6 Å². The Bertz CT molecular complexity index is 1260. The second-order valence-corrected chi connectivity index (χ2v) is 12.8. The number of urea groups is 1. The molecular formula is C35H48N5O3S. The Hall–Kier alpha value is -3.27. The molecule has 2 N–H and O–H groups in total. The SMILES string of the molecule is CC(C)c1nc(CN(C)C(=O)N[C@@H](CCN2CCOCC2)C(=O)N[C@H](CC[CH]Cc2ccccc2)Cc2ccccc2)cs1. The van der Waals surface area contributed by atoms with E-state index in [0.717, 1.165) is 49.5 Å². The number of carbonyl (C=O) groups excluding carboxylic acids is 2. The second kappa shape index (κ2) is 17.9. The summed E-state index contributed by atoms with van der Waals surface area (Å²) in [7, 11) is 1.75. The van der Waals surface area contributed by atoms with Gasteiger partial charge in [0.1, 0.15) is 6.04 Å². The zero-order chi connectivity index (χ0) is 31.1. The van der Waals surface area contributed by atoms with E-state index >= 15 is 0 Å². The summed E-state index contributed by atoms with van der Waals surface area (Å²) in [5, 5.41) is 9.43. The number of thiazole rings is 1. The Balaban J connectivity index is 1.39. The van der Waals surface area contributed by atoms with Crippen LogP contribution in [0.5, 0.6) is 0 Å². The molecule has 3 aromatic rings. The average Bonchev–Trinajstić information content (AvgIpc) is 3.51. The molecule has 2 heterocycles. The maximum Gasteiger partial charge on any atom is 0.318 e. The molecule has 1 radical (unpaired) electrons. The zero-order valence-electron chi connectivity index (χ0n) is 26.4. The van der Waals surface area contributed by atoms with E-state index in [1.165, 1.54) is 11.1 Å². The first kappa shape index (κ1) is 33.6. The summed E-state index contributed by atoms with van der Waals surface area (Å²) in [5.41, 5.74) is 3.32. The highest BCUT2D eigenvalue weighted by Crippen LogP contribution is 2.20. The normalized spacial score (nSPS) is 15.1. The number of nitrogens with zero attached hydrogens (tertiary/aromatic N) is 3. The Morgan fingerprint density at radius 1 is 1.00 bits per heavy atom. The van der Waals surface area contributed by atoms with Gasteiger partial charge in [0, 0.05) is 44.0 Å². The summed E-state index contributed by atoms with van der Waals surface area (Å²) in [5.74, 6) is 0.209. The molecule has 8 nitrogen and oxygen atoms in total. The standard InChI is InChI=1S/C35H48N5O3S/c1-27(2)34-37-31(26-44-34)25-39(3)35(42)38-32(18-19-40-20-22-43-23-21-40)33(41)36-30(24-29-15-8-5-9-16-29)17-11-10-14-28-12-6-4-7-13-28/h4-10,12-13,15-16,26-27,30,32H,11,14,17-25H2,1-3H3,(H,36,41)(H,38,42)/t30-,32+/m1/s1. The van der Waals surface area contributed by atoms with Crippen LogP contribution in [0.1, 0.15) is 60.9 Å². The van der Waals surface area contributed by atoms with Crippen molar-refractivity contribution in [3.8, 4) is 0 Å². The Morgan fingerprint density at radius 2 is 1.68 bits per heavy atom. The van der Waals surface area contributed by atoms with Crippen molar-refractivity contribution in [2.45, 2.75) is 70.5 Å². The molecule has 1 aliphatic rings. The largest absolute Gasteiger partial charge is 0.379 e. The van der Waals surface area contributed by atoms with Crippen molar-refractivity contribution in [3.05, 3.63) is 94.3 Å². The number of unbranched alkanes of at least 4 members (excludes halogenated alkanes) is 1. The minimum atomic E-state index is -0.652. The summed E-state index contributed by atoms with van der Waals surface area (Å²) in [6.07, 6.45) is 6.14. The van der Waals surface area contributed by atoms with Crippen LogP contribution < -0.4 is 10.6 Å². The number of hydrogen-bond acceptors (Lipinski definition) is 6. The molecule has 2 atom stereocenters. The monoisotopic (exact) mass is 618 g/mol. The van der Waals surface area contributed by atoms with Crippen LogP contribution in [0.4, 0.5) is 4.79 Å². The van der Waals surface area contributed by atoms with Crippen molar-refractivity contribution < 1.29 is 14.3 Å². The van der Waals surface area contributed by atoms with E-state index in [9.17, 15) is 9.59 Å². The number of hydrogen-bond donors (Lipinski definition) is 2. The highest BCUT2D eigenvalue weighted by molar-refractivity contribution is 7.09. The lowest BCUT2D eigenvalue weighted by atomic mass is 9.98. The third-order valence-corrected chi connectivity index (χ3v) is 9.07. The van der Waals surface area contributed by atoms with Crippen LogP contribution in [0.15, 0.2) is 66.0 Å². The number of carbonyl (C=O) groups is 2. The first-order valence-corrected chi connectivity index (χ1v) is 16.7. The van der Waals surface area contributed by atoms with Gasteiger partial charge in [-0.1, -0.05) is 74.5 Å². The minimum Gasteiger partial charge on any atom is -0.379 e. The third kappa shape index (κ3) is 11.3. The summed E-state index contributed by atoms with van der Waals surface area (Å²) in [6, 6.07) is 19.7. The lowest BCUT2D eigenvalue weighted by molar-refractivity contribution is -0.124. The molecule has 2 aromatic carbocycles. The quantitative estimate of drug-likeness (QED) is 0.209. The average molecular weight is 619 g/mol. The van der Waals surface area contributed by atoms with Gasteiger partial charge in [-0.3, -0.25) is 9.69 Å². The molecule has 0 unspecified atom stereocenters. The van der Waals surface area contributed by atoms with Gasteiger partial charge in [-0.15, -0.1) is 11.3 Å². The number of ether oxygens (including phenoxy) is 1. The number of nitrogens with one attached hydrogen (secondary N) is 2. The maximum absolute atomic E-state index is 13.9. The smallest absolute Gasteiger partial charge is 0.318 e. The summed E-state index contributed by atoms with van der Waals surface area (Å²) in [4.78, 5) is 35.8. The second-order valence-electron chi connectivity index (χ2n) is 11.9. The van der Waals surface area contributed by atoms with Gasteiger partial charge in [0.25, 0.3) is 0 Å². The van der Waals surface area contributed by atoms with E-state index in [0.29, 0.717) is 38.6 Å². The van der Waals surface area contributed by atoms with Crippen LogP contribution in [0.3, 0.4) is 0 Å². The van der Waals surface area contributed by atoms with Crippen LogP contribution in [-0.4, -0.2) is 78.7 Å². The molecule has 1 aromatic heterocycles. The highest BCUT2D eigenvalue weighted by atomic mass is 32.1. The van der Waals surface area contributed by atoms with Crippen LogP contribution in [0.2, 0.25) is 0 Å². The molecule has 1 aliphatic heterocycles. The van der Waals surface area contributed by atoms with Crippen molar-refractivity contribution in [1.82, 2.24) is 25.4 Å². The van der Waals surface area contributed by atoms with Gasteiger partial charge >= 0.3 is 6.03 Å². The van der Waals surface area contributed by atoms with Gasteiger partial charge in [-0.2, -0.15) is 0 Å². The first-order chi connectivity index (χ1) is 21.4. The fraction of sp³-hybridized carbons (Fsp3) is 0.486. The van der Waals surface area contributed by atoms with Crippen molar-refractivity contribution in [1.29, 1.82) is 0 Å². The Kier molecular flexibility index (Phi) is 13.7. The number of benzene rings is 2. The topological polar surface area (TPSA) is 86.8 Å². The molecule has 0 aliphatic carbocycles. The molecule has 1 saturated heterocycles. The number of rotatable bonds is 16. The highest BCUT2D eigenvalue weighted by Gasteiger charge is 2.26. The van der Waals surface area contributed by atoms with Crippen LogP contribution in [0.25, 0.3) is 0 Å². The Labute approximate surface area is 267 Å². The van der Waals surface area contributed by atoms with E-state index in [-0.39, 0.29) is 18.0 Å². The Morgan fingerprint density at radius 3 is 2.34 bits per heavy atom.